The van der Waals surface area contributed by atoms with Crippen LogP contribution in [0.1, 0.15) is 0 Å². The van der Waals surface area contributed by atoms with Crippen molar-refractivity contribution in [2.45, 2.75) is 12.1 Å². The maximum absolute atomic E-state index is 12.9. The minimum absolute atomic E-state index is 0.223. The molecule has 0 bridgehead atoms. The van der Waals surface area contributed by atoms with Gasteiger partial charge in [0, 0.05) is 10.7 Å². The number of amides is 3. The van der Waals surface area contributed by atoms with Gasteiger partial charge in [0.15, 0.2) is 12.1 Å². The van der Waals surface area contributed by atoms with Gasteiger partial charge in [0.2, 0.25) is 5.91 Å². The molecule has 148 valence electrons. The van der Waals surface area contributed by atoms with E-state index in [0.29, 0.717) is 22.1 Å². The maximum Gasteiger partial charge on any atom is 0.263 e. The van der Waals surface area contributed by atoms with Crippen molar-refractivity contribution >= 4 is 40.7 Å². The number of ether oxygens (including phenoxy) is 1. The highest BCUT2D eigenvalue weighted by Gasteiger charge is 2.55. The molecule has 2 aromatic carbocycles. The number of imide groups is 1. The average molecular weight is 414 g/mol. The zero-order valence-corrected chi connectivity index (χ0v) is 16.0. The van der Waals surface area contributed by atoms with Crippen LogP contribution in [0.4, 0.5) is 11.4 Å². The molecule has 1 saturated heterocycles. The summed E-state index contributed by atoms with van der Waals surface area (Å²) in [6.07, 6.45) is 0. The fraction of sp³-hybridized carbons (Fsp3) is 0.211. The van der Waals surface area contributed by atoms with Gasteiger partial charge in [0.25, 0.3) is 11.8 Å². The Kier molecular flexibility index (Phi) is 4.89. The molecule has 2 heterocycles. The standard InChI is InChI=1S/C19H16ClN5O4/c1-29-14-7-5-12(6-8-14)21-15(26)10-24-17-16(22-23-24)18(27)25(19(17)28)13-4-2-3-11(20)9-13/h2-9,16-17H,10H2,1H3,(H,21,26)/t16-,17-/m1/s1. The van der Waals surface area contributed by atoms with E-state index in [1.807, 2.05) is 0 Å². The zero-order chi connectivity index (χ0) is 20.5. The van der Waals surface area contributed by atoms with Crippen molar-refractivity contribution in [3.8, 4) is 5.75 Å². The molecule has 1 fully saturated rings. The molecular weight excluding hydrogens is 398 g/mol. The molecule has 3 amide bonds. The highest BCUT2D eigenvalue weighted by atomic mass is 35.5. The quantitative estimate of drug-likeness (QED) is 0.757. The predicted molar refractivity (Wildman–Crippen MR) is 105 cm³/mol. The number of nitrogens with zero attached hydrogens (tertiary/aromatic N) is 4. The molecule has 0 saturated carbocycles. The van der Waals surface area contributed by atoms with E-state index in [0.717, 1.165) is 4.90 Å². The molecule has 2 aliphatic rings. The number of halogens is 1. The Morgan fingerprint density at radius 3 is 2.62 bits per heavy atom. The van der Waals surface area contributed by atoms with E-state index in [1.165, 1.54) is 11.1 Å². The van der Waals surface area contributed by atoms with Gasteiger partial charge in [-0.05, 0) is 42.5 Å². The lowest BCUT2D eigenvalue weighted by molar-refractivity contribution is -0.123. The summed E-state index contributed by atoms with van der Waals surface area (Å²) in [6.45, 7) is -0.223. The summed E-state index contributed by atoms with van der Waals surface area (Å²) in [5.41, 5.74) is 0.928. The third-order valence-electron chi connectivity index (χ3n) is 4.60. The van der Waals surface area contributed by atoms with Crippen LogP contribution in [0.25, 0.3) is 0 Å². The molecule has 10 heteroatoms. The Morgan fingerprint density at radius 1 is 1.17 bits per heavy atom. The van der Waals surface area contributed by atoms with E-state index in [2.05, 4.69) is 15.7 Å². The topological polar surface area (TPSA) is 104 Å². The first-order valence-electron chi connectivity index (χ1n) is 8.72. The highest BCUT2D eigenvalue weighted by molar-refractivity contribution is 6.31. The SMILES string of the molecule is COc1ccc(NC(=O)CN2N=N[C@H]3C(=O)N(c4cccc(Cl)c4)C(=O)[C@@H]32)cc1. The summed E-state index contributed by atoms with van der Waals surface area (Å²) in [5.74, 6) is -0.722. The second-order valence-electron chi connectivity index (χ2n) is 6.46. The number of fused-ring (bicyclic) bond motifs is 1. The fourth-order valence-electron chi connectivity index (χ4n) is 3.25. The first kappa shape index (κ1) is 18.9. The third kappa shape index (κ3) is 3.52. The summed E-state index contributed by atoms with van der Waals surface area (Å²) in [5, 5.41) is 12.1. The van der Waals surface area contributed by atoms with E-state index >= 15 is 0 Å². The zero-order valence-electron chi connectivity index (χ0n) is 15.3. The number of hydrogen-bond donors (Lipinski definition) is 1. The van der Waals surface area contributed by atoms with E-state index in [-0.39, 0.29) is 6.54 Å². The molecule has 2 atom stereocenters. The molecule has 2 aromatic rings. The summed E-state index contributed by atoms with van der Waals surface area (Å²) in [7, 11) is 1.55. The number of hydrogen-bond acceptors (Lipinski definition) is 7. The van der Waals surface area contributed by atoms with Crippen molar-refractivity contribution in [2.75, 3.05) is 23.9 Å². The first-order valence-corrected chi connectivity index (χ1v) is 9.10. The molecule has 0 aliphatic carbocycles. The molecule has 9 nitrogen and oxygen atoms in total. The number of methoxy groups -OCH3 is 1. The van der Waals surface area contributed by atoms with Crippen LogP contribution < -0.4 is 15.0 Å². The molecule has 0 aromatic heterocycles. The summed E-state index contributed by atoms with van der Waals surface area (Å²) >= 11 is 5.97. The van der Waals surface area contributed by atoms with Gasteiger partial charge < -0.3 is 10.1 Å². The average Bonchev–Trinajstić information content (AvgIpc) is 3.22. The normalized spacial score (nSPS) is 20.2. The van der Waals surface area contributed by atoms with Crippen LogP contribution in [-0.2, 0) is 14.4 Å². The van der Waals surface area contributed by atoms with Gasteiger partial charge >= 0.3 is 0 Å². The van der Waals surface area contributed by atoms with Crippen molar-refractivity contribution < 1.29 is 19.1 Å². The Hall–Kier alpha value is -3.46. The van der Waals surface area contributed by atoms with Gasteiger partial charge in [-0.1, -0.05) is 22.9 Å². The van der Waals surface area contributed by atoms with Crippen LogP contribution in [0.5, 0.6) is 5.75 Å². The Balaban J connectivity index is 1.46. The number of carbonyl (C=O) groups is 3. The Morgan fingerprint density at radius 2 is 1.93 bits per heavy atom. The maximum atomic E-state index is 12.9. The summed E-state index contributed by atoms with van der Waals surface area (Å²) in [6, 6.07) is 11.3. The van der Waals surface area contributed by atoms with Crippen molar-refractivity contribution in [3.05, 3.63) is 53.6 Å². The molecule has 0 spiro atoms. The lowest BCUT2D eigenvalue weighted by Crippen LogP contribution is -2.43. The van der Waals surface area contributed by atoms with E-state index in [4.69, 9.17) is 16.3 Å². The van der Waals surface area contributed by atoms with Crippen molar-refractivity contribution in [1.82, 2.24) is 5.01 Å². The van der Waals surface area contributed by atoms with Crippen LogP contribution in [0.15, 0.2) is 58.9 Å². The fourth-order valence-corrected chi connectivity index (χ4v) is 3.43. The number of nitrogens with one attached hydrogen (secondary N) is 1. The number of rotatable bonds is 5. The van der Waals surface area contributed by atoms with Gasteiger partial charge in [0.1, 0.15) is 12.3 Å². The smallest absolute Gasteiger partial charge is 0.263 e. The van der Waals surface area contributed by atoms with Gasteiger partial charge in [-0.25, -0.2) is 4.90 Å². The molecular formula is C19H16ClN5O4. The largest absolute Gasteiger partial charge is 0.497 e. The molecule has 4 rings (SSSR count). The van der Waals surface area contributed by atoms with Crippen LogP contribution in [0.3, 0.4) is 0 Å². The van der Waals surface area contributed by atoms with Crippen molar-refractivity contribution in [1.29, 1.82) is 0 Å². The molecule has 2 aliphatic heterocycles. The van der Waals surface area contributed by atoms with E-state index in [1.54, 1.807) is 49.6 Å². The summed E-state index contributed by atoms with van der Waals surface area (Å²) in [4.78, 5) is 39.0. The van der Waals surface area contributed by atoms with Gasteiger partial charge in [-0.15, -0.1) is 0 Å². The van der Waals surface area contributed by atoms with Crippen molar-refractivity contribution in [2.24, 2.45) is 10.3 Å². The van der Waals surface area contributed by atoms with Gasteiger partial charge in [-0.2, -0.15) is 5.11 Å². The molecule has 29 heavy (non-hydrogen) atoms. The minimum Gasteiger partial charge on any atom is -0.497 e. The van der Waals surface area contributed by atoms with Crippen molar-refractivity contribution in [3.63, 3.8) is 0 Å². The molecule has 0 unspecified atom stereocenters. The lowest BCUT2D eigenvalue weighted by Gasteiger charge is -2.20. The minimum atomic E-state index is -0.977. The van der Waals surface area contributed by atoms with Crippen LogP contribution in [-0.4, -0.2) is 48.5 Å². The Bertz CT molecular complexity index is 1010. The van der Waals surface area contributed by atoms with E-state index in [9.17, 15) is 14.4 Å². The van der Waals surface area contributed by atoms with Crippen LogP contribution >= 0.6 is 11.6 Å². The predicted octanol–water partition coefficient (Wildman–Crippen LogP) is 2.28. The lowest BCUT2D eigenvalue weighted by atomic mass is 10.1. The molecule has 0 radical (unpaired) electrons. The monoisotopic (exact) mass is 413 g/mol. The first-order chi connectivity index (χ1) is 14.0. The molecule has 1 N–H and O–H groups in total. The summed E-state index contributed by atoms with van der Waals surface area (Å²) < 4.78 is 5.07. The van der Waals surface area contributed by atoms with Crippen LogP contribution in [0.2, 0.25) is 5.02 Å². The highest BCUT2D eigenvalue weighted by Crippen LogP contribution is 2.32. The third-order valence-corrected chi connectivity index (χ3v) is 4.84. The Labute approximate surface area is 170 Å². The second-order valence-corrected chi connectivity index (χ2v) is 6.90. The van der Waals surface area contributed by atoms with Crippen LogP contribution in [0, 0.1) is 0 Å². The second kappa shape index (κ2) is 7.51. The number of anilines is 2. The number of benzene rings is 2. The van der Waals surface area contributed by atoms with E-state index < -0.39 is 29.8 Å². The van der Waals surface area contributed by atoms with Gasteiger partial charge in [0.05, 0.1) is 12.8 Å². The van der Waals surface area contributed by atoms with Gasteiger partial charge in [-0.3, -0.25) is 19.4 Å². The number of carbonyl (C=O) groups excluding carboxylic acids is 3.